The smallest absolute Gasteiger partial charge is 0.291 e. The van der Waals surface area contributed by atoms with Crippen molar-refractivity contribution >= 4 is 29.1 Å². The van der Waals surface area contributed by atoms with Gasteiger partial charge < -0.3 is 5.32 Å². The Hall–Kier alpha value is -2.70. The monoisotopic (exact) mass is 391 g/mol. The minimum absolute atomic E-state index is 0.0738. The van der Waals surface area contributed by atoms with E-state index in [0.717, 1.165) is 10.2 Å². The van der Waals surface area contributed by atoms with E-state index in [4.69, 9.17) is 23.2 Å². The van der Waals surface area contributed by atoms with Crippen LogP contribution in [0.25, 0.3) is 5.69 Å². The number of benzene rings is 2. The molecule has 0 unspecified atom stereocenters. The van der Waals surface area contributed by atoms with E-state index < -0.39 is 5.56 Å². The number of carbonyl (C=O) groups excluding carboxylic acids is 1. The fourth-order valence-electron chi connectivity index (χ4n) is 2.24. The number of rotatable bonds is 4. The lowest BCUT2D eigenvalue weighted by molar-refractivity contribution is 0.0951. The van der Waals surface area contributed by atoms with Crippen LogP contribution in [0, 0.1) is 5.82 Å². The highest BCUT2D eigenvalue weighted by Crippen LogP contribution is 2.16. The summed E-state index contributed by atoms with van der Waals surface area (Å²) in [5.41, 5.74) is 1.09. The maximum atomic E-state index is 12.9. The molecule has 0 spiro atoms. The number of nitrogens with one attached hydrogen (secondary N) is 1. The molecule has 5 nitrogen and oxygen atoms in total. The van der Waals surface area contributed by atoms with Gasteiger partial charge in [0, 0.05) is 12.1 Å². The first-order chi connectivity index (χ1) is 12.5. The van der Waals surface area contributed by atoms with Crippen LogP contribution in [0.5, 0.6) is 0 Å². The molecule has 0 bridgehead atoms. The standard InChI is InChI=1S/C18H12Cl2FN3O2/c19-15-10-23-24(18(26)16(15)20)14-7-3-12(4-8-14)17(25)22-9-11-1-5-13(21)6-2-11/h1-8,10H,9H2,(H,22,25). The second-order valence-electron chi connectivity index (χ2n) is 5.38. The third-order valence-electron chi connectivity index (χ3n) is 3.62. The zero-order valence-corrected chi connectivity index (χ0v) is 14.8. The Kier molecular flexibility index (Phi) is 5.35. The molecule has 8 heteroatoms. The van der Waals surface area contributed by atoms with Gasteiger partial charge in [0.25, 0.3) is 11.5 Å². The molecule has 3 aromatic rings. The van der Waals surface area contributed by atoms with Crippen molar-refractivity contribution in [1.82, 2.24) is 15.1 Å². The van der Waals surface area contributed by atoms with E-state index in [9.17, 15) is 14.0 Å². The Labute approximate surface area is 158 Å². The van der Waals surface area contributed by atoms with Gasteiger partial charge in [0.15, 0.2) is 0 Å². The Bertz CT molecular complexity index is 1000. The molecule has 0 aliphatic rings. The largest absolute Gasteiger partial charge is 0.348 e. The number of nitrogens with zero attached hydrogens (tertiary/aromatic N) is 2. The maximum absolute atomic E-state index is 12.9. The number of halogens is 3. The van der Waals surface area contributed by atoms with Crippen molar-refractivity contribution in [2.75, 3.05) is 0 Å². The van der Waals surface area contributed by atoms with Gasteiger partial charge >= 0.3 is 0 Å². The average Bonchev–Trinajstić information content (AvgIpc) is 2.66. The molecule has 26 heavy (non-hydrogen) atoms. The van der Waals surface area contributed by atoms with Gasteiger partial charge in [0.1, 0.15) is 10.8 Å². The molecule has 1 N–H and O–H groups in total. The molecular formula is C18H12Cl2FN3O2. The summed E-state index contributed by atoms with van der Waals surface area (Å²) in [7, 11) is 0. The van der Waals surface area contributed by atoms with Crippen molar-refractivity contribution in [2.45, 2.75) is 6.54 Å². The first kappa shape index (κ1) is 18.1. The summed E-state index contributed by atoms with van der Waals surface area (Å²) in [6.45, 7) is 0.272. The van der Waals surface area contributed by atoms with E-state index in [-0.39, 0.29) is 28.3 Å². The van der Waals surface area contributed by atoms with Gasteiger partial charge in [-0.25, -0.2) is 4.39 Å². The third-order valence-corrected chi connectivity index (χ3v) is 4.37. The zero-order chi connectivity index (χ0) is 18.7. The average molecular weight is 392 g/mol. The molecule has 0 saturated heterocycles. The Morgan fingerprint density at radius 1 is 1.08 bits per heavy atom. The molecule has 0 radical (unpaired) electrons. The molecule has 1 heterocycles. The molecular weight excluding hydrogens is 380 g/mol. The lowest BCUT2D eigenvalue weighted by Gasteiger charge is -2.08. The van der Waals surface area contributed by atoms with Crippen molar-refractivity contribution in [2.24, 2.45) is 0 Å². The van der Waals surface area contributed by atoms with Gasteiger partial charge in [-0.05, 0) is 42.0 Å². The molecule has 1 aromatic heterocycles. The van der Waals surface area contributed by atoms with Crippen molar-refractivity contribution < 1.29 is 9.18 Å². The van der Waals surface area contributed by atoms with Gasteiger partial charge in [-0.1, -0.05) is 35.3 Å². The summed E-state index contributed by atoms with van der Waals surface area (Å²) in [5.74, 6) is -0.628. The number of hydrogen-bond acceptors (Lipinski definition) is 3. The highest BCUT2D eigenvalue weighted by atomic mass is 35.5. The normalized spacial score (nSPS) is 10.6. The quantitative estimate of drug-likeness (QED) is 0.738. The minimum Gasteiger partial charge on any atom is -0.348 e. The van der Waals surface area contributed by atoms with Gasteiger partial charge in [0.2, 0.25) is 0 Å². The lowest BCUT2D eigenvalue weighted by Crippen LogP contribution is -2.23. The van der Waals surface area contributed by atoms with E-state index in [1.54, 1.807) is 36.4 Å². The second kappa shape index (κ2) is 7.68. The fraction of sp³-hybridized carbons (Fsp3) is 0.0556. The molecule has 0 saturated carbocycles. The van der Waals surface area contributed by atoms with Gasteiger partial charge in [-0.15, -0.1) is 0 Å². The molecule has 0 aliphatic heterocycles. The van der Waals surface area contributed by atoms with Crippen LogP contribution in [-0.2, 0) is 6.54 Å². The SMILES string of the molecule is O=C(NCc1ccc(F)cc1)c1ccc(-n2ncc(Cl)c(Cl)c2=O)cc1. The van der Waals surface area contributed by atoms with Crippen molar-refractivity contribution in [3.63, 3.8) is 0 Å². The van der Waals surface area contributed by atoms with Crippen LogP contribution in [0.15, 0.2) is 59.5 Å². The number of hydrogen-bond donors (Lipinski definition) is 1. The predicted molar refractivity (Wildman–Crippen MR) is 97.4 cm³/mol. The molecule has 0 aliphatic carbocycles. The van der Waals surface area contributed by atoms with E-state index in [1.165, 1.54) is 18.3 Å². The first-order valence-electron chi connectivity index (χ1n) is 7.52. The highest BCUT2D eigenvalue weighted by molar-refractivity contribution is 6.41. The molecule has 132 valence electrons. The zero-order valence-electron chi connectivity index (χ0n) is 13.2. The van der Waals surface area contributed by atoms with Gasteiger partial charge in [-0.2, -0.15) is 9.78 Å². The third kappa shape index (κ3) is 3.92. The van der Waals surface area contributed by atoms with Crippen LogP contribution in [0.2, 0.25) is 10.0 Å². The summed E-state index contributed by atoms with van der Waals surface area (Å²) >= 11 is 11.6. The maximum Gasteiger partial charge on any atom is 0.291 e. The molecule has 3 rings (SSSR count). The van der Waals surface area contributed by atoms with Crippen LogP contribution in [0.4, 0.5) is 4.39 Å². The summed E-state index contributed by atoms with van der Waals surface area (Å²) in [6.07, 6.45) is 1.27. The predicted octanol–water partition coefficient (Wildman–Crippen LogP) is 3.61. The van der Waals surface area contributed by atoms with Crippen LogP contribution >= 0.6 is 23.2 Å². The Balaban J connectivity index is 1.73. The highest BCUT2D eigenvalue weighted by Gasteiger charge is 2.10. The van der Waals surface area contributed by atoms with Crippen LogP contribution in [-0.4, -0.2) is 15.7 Å². The summed E-state index contributed by atoms with van der Waals surface area (Å²) in [4.78, 5) is 24.3. The fourth-order valence-corrected chi connectivity index (χ4v) is 2.49. The van der Waals surface area contributed by atoms with E-state index in [1.807, 2.05) is 0 Å². The lowest BCUT2D eigenvalue weighted by atomic mass is 10.1. The molecule has 0 fully saturated rings. The molecule has 0 atom stereocenters. The number of aromatic nitrogens is 2. The first-order valence-corrected chi connectivity index (χ1v) is 8.28. The number of amides is 1. The summed E-state index contributed by atoms with van der Waals surface area (Å²) in [6, 6.07) is 12.1. The minimum atomic E-state index is -0.548. The van der Waals surface area contributed by atoms with Crippen LogP contribution < -0.4 is 10.9 Å². The van der Waals surface area contributed by atoms with Crippen molar-refractivity contribution in [3.05, 3.63) is 92.1 Å². The Morgan fingerprint density at radius 3 is 2.38 bits per heavy atom. The molecule has 1 amide bonds. The van der Waals surface area contributed by atoms with E-state index in [0.29, 0.717) is 11.3 Å². The van der Waals surface area contributed by atoms with Crippen molar-refractivity contribution in [1.29, 1.82) is 0 Å². The second-order valence-corrected chi connectivity index (χ2v) is 6.16. The van der Waals surface area contributed by atoms with E-state index in [2.05, 4.69) is 10.4 Å². The summed E-state index contributed by atoms with van der Waals surface area (Å²) in [5, 5.41) is 6.61. The number of carbonyl (C=O) groups is 1. The van der Waals surface area contributed by atoms with Gasteiger partial charge in [0.05, 0.1) is 16.9 Å². The van der Waals surface area contributed by atoms with Crippen molar-refractivity contribution in [3.8, 4) is 5.69 Å². The molecule has 2 aromatic carbocycles. The topological polar surface area (TPSA) is 64.0 Å². The van der Waals surface area contributed by atoms with Crippen LogP contribution in [0.1, 0.15) is 15.9 Å². The summed E-state index contributed by atoms with van der Waals surface area (Å²) < 4.78 is 14.0. The van der Waals surface area contributed by atoms with Gasteiger partial charge in [-0.3, -0.25) is 9.59 Å². The van der Waals surface area contributed by atoms with E-state index >= 15 is 0 Å². The Morgan fingerprint density at radius 2 is 1.73 bits per heavy atom. The van der Waals surface area contributed by atoms with Crippen LogP contribution in [0.3, 0.4) is 0 Å².